The Bertz CT molecular complexity index is 732. The van der Waals surface area contributed by atoms with Crippen LogP contribution in [0.1, 0.15) is 29.8 Å². The predicted octanol–water partition coefficient (Wildman–Crippen LogP) is 3.79. The molecule has 0 heterocycles. The van der Waals surface area contributed by atoms with Gasteiger partial charge in [0, 0.05) is 12.1 Å². The molecule has 126 valence electrons. The molecule has 5 nitrogen and oxygen atoms in total. The van der Waals surface area contributed by atoms with Gasteiger partial charge in [0.25, 0.3) is 0 Å². The molecular formula is C19H20O5. The Kier molecular flexibility index (Phi) is 5.84. The molecule has 2 rings (SSSR count). The normalized spacial score (nSPS) is 10.8. The van der Waals surface area contributed by atoms with Gasteiger partial charge in [-0.1, -0.05) is 18.2 Å². The third kappa shape index (κ3) is 4.29. The van der Waals surface area contributed by atoms with Gasteiger partial charge in [0.05, 0.1) is 13.2 Å². The first-order valence-electron chi connectivity index (χ1n) is 7.69. The smallest absolute Gasteiger partial charge is 0.193 e. The minimum absolute atomic E-state index is 0.0248. The van der Waals surface area contributed by atoms with Gasteiger partial charge in [0.1, 0.15) is 28.6 Å². The van der Waals surface area contributed by atoms with Crippen LogP contribution in [0.15, 0.2) is 42.5 Å². The zero-order valence-corrected chi connectivity index (χ0v) is 13.7. The molecule has 2 aromatic carbocycles. The monoisotopic (exact) mass is 328 g/mol. The first-order valence-corrected chi connectivity index (χ1v) is 7.69. The Morgan fingerprint density at radius 1 is 1.04 bits per heavy atom. The zero-order valence-electron chi connectivity index (χ0n) is 13.7. The number of rotatable bonds is 7. The van der Waals surface area contributed by atoms with Gasteiger partial charge in [-0.25, -0.2) is 0 Å². The van der Waals surface area contributed by atoms with E-state index in [1.54, 1.807) is 13.0 Å². The first-order chi connectivity index (χ1) is 11.5. The van der Waals surface area contributed by atoms with E-state index >= 15 is 0 Å². The summed E-state index contributed by atoms with van der Waals surface area (Å²) in [7, 11) is 0. The zero-order chi connectivity index (χ0) is 17.5. The number of carbonyl (C=O) groups excluding carboxylic acids is 1. The lowest BCUT2D eigenvalue weighted by molar-refractivity contribution is 0.104. The van der Waals surface area contributed by atoms with Crippen molar-refractivity contribution in [1.29, 1.82) is 0 Å². The van der Waals surface area contributed by atoms with E-state index in [0.717, 1.165) is 17.4 Å². The fourth-order valence-electron chi connectivity index (χ4n) is 2.20. The summed E-state index contributed by atoms with van der Waals surface area (Å²) < 4.78 is 10.7. The van der Waals surface area contributed by atoms with E-state index in [2.05, 4.69) is 0 Å². The first kappa shape index (κ1) is 17.4. The number of hydrogen-bond acceptors (Lipinski definition) is 5. The van der Waals surface area contributed by atoms with E-state index in [4.69, 9.17) is 9.47 Å². The Hall–Kier alpha value is -2.95. The molecule has 2 N–H and O–H groups in total. The van der Waals surface area contributed by atoms with E-state index in [-0.39, 0.29) is 22.8 Å². The highest BCUT2D eigenvalue weighted by Crippen LogP contribution is 2.33. The Labute approximate surface area is 140 Å². The van der Waals surface area contributed by atoms with Crippen molar-refractivity contribution in [2.24, 2.45) is 0 Å². The Balaban J connectivity index is 2.22. The van der Waals surface area contributed by atoms with Crippen LogP contribution in [0, 0.1) is 0 Å². The van der Waals surface area contributed by atoms with E-state index in [1.807, 2.05) is 31.2 Å². The molecule has 0 atom stereocenters. The van der Waals surface area contributed by atoms with Crippen molar-refractivity contribution >= 4 is 11.9 Å². The van der Waals surface area contributed by atoms with Gasteiger partial charge in [0.2, 0.25) is 0 Å². The summed E-state index contributed by atoms with van der Waals surface area (Å²) in [5.74, 6) is 0.0137. The molecule has 24 heavy (non-hydrogen) atoms. The largest absolute Gasteiger partial charge is 0.508 e. The number of allylic oxidation sites excluding steroid dienone is 1. The molecule has 0 amide bonds. The van der Waals surface area contributed by atoms with Crippen molar-refractivity contribution in [2.45, 2.75) is 13.8 Å². The SMILES string of the molecule is CCOc1ccc(/C=C/C(=O)c2c(O)cc(O)cc2OCC)cc1. The quantitative estimate of drug-likeness (QED) is 0.597. The molecule has 2 aromatic rings. The molecule has 0 spiro atoms. The summed E-state index contributed by atoms with van der Waals surface area (Å²) in [5, 5.41) is 19.5. The Morgan fingerprint density at radius 3 is 2.33 bits per heavy atom. The summed E-state index contributed by atoms with van der Waals surface area (Å²) in [6, 6.07) is 9.71. The molecule has 0 aliphatic carbocycles. The highest BCUT2D eigenvalue weighted by molar-refractivity contribution is 6.10. The number of benzene rings is 2. The maximum absolute atomic E-state index is 12.4. The van der Waals surface area contributed by atoms with Crippen molar-refractivity contribution in [3.63, 3.8) is 0 Å². The van der Waals surface area contributed by atoms with E-state index in [0.29, 0.717) is 13.2 Å². The molecule has 0 unspecified atom stereocenters. The average molecular weight is 328 g/mol. The third-order valence-electron chi connectivity index (χ3n) is 3.23. The number of carbonyl (C=O) groups is 1. The fraction of sp³-hybridized carbons (Fsp3) is 0.211. The second kappa shape index (κ2) is 8.06. The van der Waals surface area contributed by atoms with Crippen LogP contribution >= 0.6 is 0 Å². The lowest BCUT2D eigenvalue weighted by atomic mass is 10.1. The van der Waals surface area contributed by atoms with Gasteiger partial charge >= 0.3 is 0 Å². The van der Waals surface area contributed by atoms with Crippen LogP contribution in [0.4, 0.5) is 0 Å². The fourth-order valence-corrected chi connectivity index (χ4v) is 2.20. The van der Waals surface area contributed by atoms with Crippen LogP contribution < -0.4 is 9.47 Å². The van der Waals surface area contributed by atoms with Crippen molar-refractivity contribution in [2.75, 3.05) is 13.2 Å². The summed E-state index contributed by atoms with van der Waals surface area (Å²) in [6.45, 7) is 4.57. The third-order valence-corrected chi connectivity index (χ3v) is 3.23. The van der Waals surface area contributed by atoms with Crippen molar-refractivity contribution in [3.05, 3.63) is 53.6 Å². The van der Waals surface area contributed by atoms with Gasteiger partial charge < -0.3 is 19.7 Å². The average Bonchev–Trinajstić information content (AvgIpc) is 2.54. The van der Waals surface area contributed by atoms with Crippen LogP contribution in [0.2, 0.25) is 0 Å². The molecule has 0 aliphatic heterocycles. The van der Waals surface area contributed by atoms with Crippen molar-refractivity contribution in [3.8, 4) is 23.0 Å². The minimum Gasteiger partial charge on any atom is -0.508 e. The molecular weight excluding hydrogens is 308 g/mol. The molecule has 0 saturated carbocycles. The molecule has 0 fully saturated rings. The predicted molar refractivity (Wildman–Crippen MR) is 91.9 cm³/mol. The number of hydrogen-bond donors (Lipinski definition) is 2. The standard InChI is InChI=1S/C19H20O5/c1-3-23-15-8-5-13(6-9-15)7-10-16(21)19-17(22)11-14(20)12-18(19)24-4-2/h5-12,20,22H,3-4H2,1-2H3/b10-7+. The Morgan fingerprint density at radius 2 is 1.71 bits per heavy atom. The maximum Gasteiger partial charge on any atom is 0.193 e. The summed E-state index contributed by atoms with van der Waals surface area (Å²) in [4.78, 5) is 12.4. The highest BCUT2D eigenvalue weighted by atomic mass is 16.5. The summed E-state index contributed by atoms with van der Waals surface area (Å²) in [6.07, 6.45) is 2.99. The topological polar surface area (TPSA) is 76.0 Å². The van der Waals surface area contributed by atoms with E-state index < -0.39 is 5.78 Å². The molecule has 0 bridgehead atoms. The van der Waals surface area contributed by atoms with E-state index in [1.165, 1.54) is 12.1 Å². The lowest BCUT2D eigenvalue weighted by Gasteiger charge is -2.10. The van der Waals surface area contributed by atoms with Crippen molar-refractivity contribution in [1.82, 2.24) is 0 Å². The molecule has 0 saturated heterocycles. The molecule has 0 aromatic heterocycles. The van der Waals surface area contributed by atoms with Gasteiger partial charge in [0.15, 0.2) is 5.78 Å². The highest BCUT2D eigenvalue weighted by Gasteiger charge is 2.17. The van der Waals surface area contributed by atoms with Crippen molar-refractivity contribution < 1.29 is 24.5 Å². The van der Waals surface area contributed by atoms with Crippen LogP contribution in [0.25, 0.3) is 6.08 Å². The van der Waals surface area contributed by atoms with Gasteiger partial charge in [-0.05, 0) is 37.6 Å². The van der Waals surface area contributed by atoms with Gasteiger partial charge in [-0.15, -0.1) is 0 Å². The maximum atomic E-state index is 12.4. The van der Waals surface area contributed by atoms with Crippen LogP contribution in [0.3, 0.4) is 0 Å². The number of aromatic hydroxyl groups is 2. The second-order valence-corrected chi connectivity index (χ2v) is 4.97. The number of ether oxygens (including phenoxy) is 2. The molecule has 0 aliphatic rings. The number of ketones is 1. The lowest BCUT2D eigenvalue weighted by Crippen LogP contribution is -2.02. The number of phenols is 2. The van der Waals surface area contributed by atoms with Gasteiger partial charge in [-0.2, -0.15) is 0 Å². The summed E-state index contributed by atoms with van der Waals surface area (Å²) >= 11 is 0. The molecule has 0 radical (unpaired) electrons. The molecule has 5 heteroatoms. The van der Waals surface area contributed by atoms with Gasteiger partial charge in [-0.3, -0.25) is 4.79 Å². The summed E-state index contributed by atoms with van der Waals surface area (Å²) in [5.41, 5.74) is 0.847. The van der Waals surface area contributed by atoms with Crippen LogP contribution in [0.5, 0.6) is 23.0 Å². The number of phenolic OH excluding ortho intramolecular Hbond substituents is 2. The van der Waals surface area contributed by atoms with Crippen LogP contribution in [-0.2, 0) is 0 Å². The minimum atomic E-state index is -0.412. The second-order valence-electron chi connectivity index (χ2n) is 4.97. The van der Waals surface area contributed by atoms with E-state index in [9.17, 15) is 15.0 Å². The van der Waals surface area contributed by atoms with Crippen LogP contribution in [-0.4, -0.2) is 29.2 Å².